The molecule has 0 atom stereocenters. The van der Waals surface area contributed by atoms with Crippen molar-refractivity contribution in [3.05, 3.63) is 63.2 Å². The molecule has 6 heteroatoms. The van der Waals surface area contributed by atoms with Crippen LogP contribution in [0, 0.1) is 13.8 Å². The van der Waals surface area contributed by atoms with E-state index in [-0.39, 0.29) is 4.90 Å². The summed E-state index contributed by atoms with van der Waals surface area (Å²) in [5.41, 5.74) is 2.47. The highest BCUT2D eigenvalue weighted by molar-refractivity contribution is 9.10. The third-order valence-corrected chi connectivity index (χ3v) is 6.09. The first kappa shape index (κ1) is 15.6. The highest BCUT2D eigenvalue weighted by atomic mass is 79.9. The fraction of sp³-hybridized carbons (Fsp3) is 0.125. The van der Waals surface area contributed by atoms with Crippen LogP contribution in [0.15, 0.2) is 52.0 Å². The van der Waals surface area contributed by atoms with Crippen LogP contribution in [0.5, 0.6) is 0 Å². The number of nitrogens with zero attached hydrogens (tertiary/aromatic N) is 1. The summed E-state index contributed by atoms with van der Waals surface area (Å²) in [7, 11) is -3.69. The molecule has 0 saturated carbocycles. The number of aromatic nitrogens is 1. The summed E-state index contributed by atoms with van der Waals surface area (Å²) in [6.07, 6.45) is 1.55. The standard InChI is InChI=1S/C16H13BrClNO2S/c1-10-3-5-12(6-4-10)22(20,21)19-9-14(17)13-7-11(2)8-15(18)16(13)19/h3-9H,1-2H3. The van der Waals surface area contributed by atoms with Gasteiger partial charge in [0.25, 0.3) is 10.0 Å². The third kappa shape index (κ3) is 2.47. The molecule has 3 rings (SSSR count). The maximum absolute atomic E-state index is 12.9. The molecular weight excluding hydrogens is 386 g/mol. The quantitative estimate of drug-likeness (QED) is 0.615. The van der Waals surface area contributed by atoms with Crippen molar-refractivity contribution >= 4 is 48.5 Å². The van der Waals surface area contributed by atoms with E-state index in [0.29, 0.717) is 15.0 Å². The highest BCUT2D eigenvalue weighted by Crippen LogP contribution is 2.35. The van der Waals surface area contributed by atoms with Gasteiger partial charge in [-0.05, 0) is 59.6 Å². The van der Waals surface area contributed by atoms with Crippen LogP contribution in [0.2, 0.25) is 5.02 Å². The number of rotatable bonds is 2. The van der Waals surface area contributed by atoms with Crippen LogP contribution < -0.4 is 0 Å². The Hall–Kier alpha value is -1.30. The molecule has 0 N–H and O–H groups in total. The van der Waals surface area contributed by atoms with Crippen molar-refractivity contribution in [1.29, 1.82) is 0 Å². The molecule has 0 amide bonds. The summed E-state index contributed by atoms with van der Waals surface area (Å²) in [4.78, 5) is 0.235. The molecule has 1 heterocycles. The first-order valence-electron chi connectivity index (χ1n) is 6.59. The van der Waals surface area contributed by atoms with Gasteiger partial charge in [-0.2, -0.15) is 0 Å². The minimum absolute atomic E-state index is 0.235. The van der Waals surface area contributed by atoms with Gasteiger partial charge in [-0.3, -0.25) is 0 Å². The van der Waals surface area contributed by atoms with Gasteiger partial charge in [-0.25, -0.2) is 12.4 Å². The molecule has 1 aromatic heterocycles. The van der Waals surface area contributed by atoms with E-state index in [2.05, 4.69) is 15.9 Å². The number of hydrogen-bond acceptors (Lipinski definition) is 2. The fourth-order valence-corrected chi connectivity index (χ4v) is 4.84. The summed E-state index contributed by atoms with van der Waals surface area (Å²) < 4.78 is 27.7. The number of aryl methyl sites for hydroxylation is 2. The lowest BCUT2D eigenvalue weighted by Crippen LogP contribution is -2.12. The van der Waals surface area contributed by atoms with Crippen LogP contribution in [-0.2, 0) is 10.0 Å². The van der Waals surface area contributed by atoms with Crippen LogP contribution in [-0.4, -0.2) is 12.4 Å². The van der Waals surface area contributed by atoms with Crippen molar-refractivity contribution in [3.8, 4) is 0 Å². The zero-order valence-corrected chi connectivity index (χ0v) is 15.1. The van der Waals surface area contributed by atoms with E-state index in [9.17, 15) is 8.42 Å². The Labute approximate surface area is 142 Å². The minimum Gasteiger partial charge on any atom is -0.238 e. The lowest BCUT2D eigenvalue weighted by Gasteiger charge is -2.09. The van der Waals surface area contributed by atoms with Gasteiger partial charge in [0.05, 0.1) is 15.4 Å². The summed E-state index contributed by atoms with van der Waals surface area (Å²) in [5, 5.41) is 1.19. The molecule has 0 fully saturated rings. The molecule has 3 nitrogen and oxygen atoms in total. The topological polar surface area (TPSA) is 39.1 Å². The average Bonchev–Trinajstić information content (AvgIpc) is 2.78. The summed E-state index contributed by atoms with van der Waals surface area (Å²) in [6, 6.07) is 10.4. The van der Waals surface area contributed by atoms with E-state index in [4.69, 9.17) is 11.6 Å². The van der Waals surface area contributed by atoms with Crippen molar-refractivity contribution in [2.24, 2.45) is 0 Å². The van der Waals surface area contributed by atoms with Gasteiger partial charge in [-0.1, -0.05) is 29.3 Å². The number of hydrogen-bond donors (Lipinski definition) is 0. The Morgan fingerprint density at radius 2 is 1.68 bits per heavy atom. The Morgan fingerprint density at radius 3 is 2.32 bits per heavy atom. The van der Waals surface area contributed by atoms with Gasteiger partial charge in [0, 0.05) is 16.1 Å². The molecule has 0 aliphatic rings. The van der Waals surface area contributed by atoms with E-state index in [1.807, 2.05) is 19.9 Å². The third-order valence-electron chi connectivity index (χ3n) is 3.49. The second-order valence-corrected chi connectivity index (χ2v) is 8.31. The summed E-state index contributed by atoms with van der Waals surface area (Å²) >= 11 is 9.71. The van der Waals surface area contributed by atoms with Crippen LogP contribution >= 0.6 is 27.5 Å². The first-order chi connectivity index (χ1) is 10.3. The van der Waals surface area contributed by atoms with E-state index < -0.39 is 10.0 Å². The van der Waals surface area contributed by atoms with Crippen LogP contribution in [0.3, 0.4) is 0 Å². The summed E-state index contributed by atoms with van der Waals surface area (Å²) in [6.45, 7) is 3.83. The number of halogens is 2. The number of fused-ring (bicyclic) bond motifs is 1. The van der Waals surface area contributed by atoms with Crippen LogP contribution in [0.25, 0.3) is 10.9 Å². The van der Waals surface area contributed by atoms with Crippen LogP contribution in [0.4, 0.5) is 0 Å². The second kappa shape index (κ2) is 5.41. The van der Waals surface area contributed by atoms with Gasteiger partial charge in [0.2, 0.25) is 0 Å². The van der Waals surface area contributed by atoms with Crippen molar-refractivity contribution in [2.75, 3.05) is 0 Å². The molecule has 0 aliphatic carbocycles. The molecule has 3 aromatic rings. The molecule has 22 heavy (non-hydrogen) atoms. The predicted molar refractivity (Wildman–Crippen MR) is 93.1 cm³/mol. The zero-order chi connectivity index (χ0) is 16.1. The molecule has 0 saturated heterocycles. The van der Waals surface area contributed by atoms with E-state index in [1.54, 1.807) is 36.5 Å². The van der Waals surface area contributed by atoms with Gasteiger partial charge in [0.15, 0.2) is 0 Å². The molecule has 0 radical (unpaired) electrons. The Kier molecular flexibility index (Phi) is 3.83. The molecule has 0 aliphatic heterocycles. The summed E-state index contributed by atoms with van der Waals surface area (Å²) in [5.74, 6) is 0. The maximum atomic E-state index is 12.9. The molecular formula is C16H13BrClNO2S. The van der Waals surface area contributed by atoms with Crippen molar-refractivity contribution in [2.45, 2.75) is 18.7 Å². The average molecular weight is 399 g/mol. The Bertz CT molecular complexity index is 976. The maximum Gasteiger partial charge on any atom is 0.268 e. The monoisotopic (exact) mass is 397 g/mol. The SMILES string of the molecule is Cc1ccc(S(=O)(=O)n2cc(Br)c3cc(C)cc(Cl)c32)cc1. The number of benzene rings is 2. The van der Waals surface area contributed by atoms with E-state index in [0.717, 1.165) is 16.5 Å². The molecule has 2 aromatic carbocycles. The van der Waals surface area contributed by atoms with Gasteiger partial charge < -0.3 is 0 Å². The predicted octanol–water partition coefficient (Wildman–Crippen LogP) is 4.91. The van der Waals surface area contributed by atoms with E-state index >= 15 is 0 Å². The lowest BCUT2D eigenvalue weighted by molar-refractivity contribution is 0.589. The van der Waals surface area contributed by atoms with Crippen molar-refractivity contribution in [3.63, 3.8) is 0 Å². The lowest BCUT2D eigenvalue weighted by atomic mass is 10.2. The van der Waals surface area contributed by atoms with E-state index in [1.165, 1.54) is 3.97 Å². The molecule has 0 spiro atoms. The Balaban J connectivity index is 2.32. The van der Waals surface area contributed by atoms with Crippen LogP contribution in [0.1, 0.15) is 11.1 Å². The van der Waals surface area contributed by atoms with Crippen molar-refractivity contribution in [1.82, 2.24) is 3.97 Å². The fourth-order valence-electron chi connectivity index (χ4n) is 2.39. The normalized spacial score (nSPS) is 12.0. The van der Waals surface area contributed by atoms with Gasteiger partial charge in [-0.15, -0.1) is 0 Å². The largest absolute Gasteiger partial charge is 0.268 e. The first-order valence-corrected chi connectivity index (χ1v) is 9.21. The molecule has 0 bridgehead atoms. The van der Waals surface area contributed by atoms with Crippen molar-refractivity contribution < 1.29 is 8.42 Å². The van der Waals surface area contributed by atoms with Gasteiger partial charge in [0.1, 0.15) is 0 Å². The minimum atomic E-state index is -3.69. The second-order valence-electron chi connectivity index (χ2n) is 5.23. The molecule has 0 unspecified atom stereocenters. The zero-order valence-electron chi connectivity index (χ0n) is 12.0. The smallest absolute Gasteiger partial charge is 0.238 e. The van der Waals surface area contributed by atoms with Gasteiger partial charge >= 0.3 is 0 Å². The molecule has 114 valence electrons. The Morgan fingerprint density at radius 1 is 1.05 bits per heavy atom. The highest BCUT2D eigenvalue weighted by Gasteiger charge is 2.22.